The second kappa shape index (κ2) is 8.97. The number of aromatic nitrogens is 2. The summed E-state index contributed by atoms with van der Waals surface area (Å²) < 4.78 is 15.5. The maximum Gasteiger partial charge on any atom is 0.206 e. The third-order valence-corrected chi connectivity index (χ3v) is 6.90. The highest BCUT2D eigenvalue weighted by Gasteiger charge is 2.31. The zero-order valence-corrected chi connectivity index (χ0v) is 18.9. The van der Waals surface area contributed by atoms with Crippen molar-refractivity contribution >= 4 is 17.0 Å². The molecule has 2 N–H and O–H groups in total. The van der Waals surface area contributed by atoms with Gasteiger partial charge in [0.2, 0.25) is 5.95 Å². The number of anilines is 1. The fraction of sp³-hybridized carbons (Fsp3) is 0.480. The number of halogens is 1. The summed E-state index contributed by atoms with van der Waals surface area (Å²) in [7, 11) is 2.10. The molecule has 1 aromatic heterocycles. The predicted octanol–water partition coefficient (Wildman–Crippen LogP) is 4.12. The number of piperazine rings is 1. The van der Waals surface area contributed by atoms with E-state index in [4.69, 9.17) is 10.7 Å². The number of aryl methyl sites for hydroxylation is 1. The molecule has 0 radical (unpaired) electrons. The minimum absolute atomic E-state index is 0.215. The van der Waals surface area contributed by atoms with Crippen LogP contribution in [0.1, 0.15) is 32.3 Å². The smallest absolute Gasteiger partial charge is 0.206 e. The Balaban J connectivity index is 1.32. The van der Waals surface area contributed by atoms with Crippen molar-refractivity contribution in [2.45, 2.75) is 32.2 Å². The molecule has 1 aliphatic heterocycles. The lowest BCUT2D eigenvalue weighted by Gasteiger charge is -2.37. The highest BCUT2D eigenvalue weighted by Crippen LogP contribution is 2.32. The predicted molar refractivity (Wildman–Crippen MR) is 126 cm³/mol. The third-order valence-electron chi connectivity index (χ3n) is 6.90. The molecule has 31 heavy (non-hydrogen) atoms. The Morgan fingerprint density at radius 2 is 1.71 bits per heavy atom. The van der Waals surface area contributed by atoms with E-state index in [-0.39, 0.29) is 11.7 Å². The van der Waals surface area contributed by atoms with Gasteiger partial charge < -0.3 is 15.2 Å². The molecular weight excluding hydrogens is 389 g/mol. The Hall–Kier alpha value is -2.44. The summed E-state index contributed by atoms with van der Waals surface area (Å²) in [6.45, 7) is 9.35. The second-order valence-corrected chi connectivity index (χ2v) is 9.09. The highest BCUT2D eigenvalue weighted by molar-refractivity contribution is 5.78. The standard InChI is InChI=1S/C25H34FN5/c1-19(2)25(27,20-9-11-21(26)12-10-20)13-6-14-30-15-17-31(18-16-30)24-28-22-7-4-5-8-23(22)29(24)3/h4-5,7-12,19H,6,13-18,27H2,1-3H3. The topological polar surface area (TPSA) is 50.3 Å². The molecule has 1 unspecified atom stereocenters. The number of benzene rings is 2. The Labute approximate surface area is 184 Å². The van der Waals surface area contributed by atoms with Gasteiger partial charge in [-0.15, -0.1) is 0 Å². The van der Waals surface area contributed by atoms with Crippen molar-refractivity contribution in [3.05, 3.63) is 59.9 Å². The van der Waals surface area contributed by atoms with Crippen LogP contribution in [0, 0.1) is 11.7 Å². The lowest BCUT2D eigenvalue weighted by molar-refractivity contribution is 0.223. The number of rotatable bonds is 7. The first-order valence-electron chi connectivity index (χ1n) is 11.3. The van der Waals surface area contributed by atoms with Gasteiger partial charge in [0.05, 0.1) is 11.0 Å². The molecule has 0 aliphatic carbocycles. The SMILES string of the molecule is CC(C)C(N)(CCCN1CCN(c2nc3ccccc3n2C)CC1)c1ccc(F)cc1. The highest BCUT2D eigenvalue weighted by atomic mass is 19.1. The molecule has 1 saturated heterocycles. The van der Waals surface area contributed by atoms with E-state index in [0.29, 0.717) is 0 Å². The number of hydrogen-bond donors (Lipinski definition) is 1. The van der Waals surface area contributed by atoms with E-state index < -0.39 is 5.54 Å². The van der Waals surface area contributed by atoms with Gasteiger partial charge in [-0.05, 0) is 55.1 Å². The minimum atomic E-state index is -0.428. The summed E-state index contributed by atoms with van der Waals surface area (Å²) in [4.78, 5) is 9.75. The molecule has 6 heteroatoms. The maximum atomic E-state index is 13.4. The zero-order valence-electron chi connectivity index (χ0n) is 18.9. The largest absolute Gasteiger partial charge is 0.340 e. The molecule has 5 nitrogen and oxygen atoms in total. The summed E-state index contributed by atoms with van der Waals surface area (Å²) in [5.74, 6) is 1.12. The van der Waals surface area contributed by atoms with Gasteiger partial charge in [-0.2, -0.15) is 0 Å². The van der Waals surface area contributed by atoms with E-state index in [1.807, 2.05) is 18.2 Å². The van der Waals surface area contributed by atoms with Crippen LogP contribution in [0.5, 0.6) is 0 Å². The normalized spacial score (nSPS) is 17.4. The molecule has 0 bridgehead atoms. The number of imidazole rings is 1. The van der Waals surface area contributed by atoms with Gasteiger partial charge in [0.25, 0.3) is 0 Å². The quantitative estimate of drug-likeness (QED) is 0.621. The molecule has 1 aliphatic rings. The fourth-order valence-corrected chi connectivity index (χ4v) is 4.71. The molecule has 2 aromatic carbocycles. The Morgan fingerprint density at radius 3 is 2.35 bits per heavy atom. The van der Waals surface area contributed by atoms with Crippen LogP contribution in [0.25, 0.3) is 11.0 Å². The van der Waals surface area contributed by atoms with Crippen molar-refractivity contribution in [3.63, 3.8) is 0 Å². The van der Waals surface area contributed by atoms with E-state index in [1.165, 1.54) is 17.6 Å². The van der Waals surface area contributed by atoms with Crippen molar-refractivity contribution in [2.75, 3.05) is 37.6 Å². The van der Waals surface area contributed by atoms with Gasteiger partial charge in [-0.3, -0.25) is 4.90 Å². The van der Waals surface area contributed by atoms with Crippen LogP contribution in [0.4, 0.5) is 10.3 Å². The van der Waals surface area contributed by atoms with Crippen LogP contribution in [-0.4, -0.2) is 47.2 Å². The number of fused-ring (bicyclic) bond motifs is 1. The van der Waals surface area contributed by atoms with E-state index in [1.54, 1.807) is 0 Å². The van der Waals surface area contributed by atoms with Crippen molar-refractivity contribution in [1.82, 2.24) is 14.5 Å². The van der Waals surface area contributed by atoms with Gasteiger partial charge in [-0.25, -0.2) is 9.37 Å². The number of nitrogens with zero attached hydrogens (tertiary/aromatic N) is 4. The Kier molecular flexibility index (Phi) is 6.30. The second-order valence-electron chi connectivity index (χ2n) is 9.09. The third kappa shape index (κ3) is 4.46. The molecule has 166 valence electrons. The van der Waals surface area contributed by atoms with Gasteiger partial charge in [0.15, 0.2) is 0 Å². The summed E-state index contributed by atoms with van der Waals surface area (Å²) in [6.07, 6.45) is 1.92. The van der Waals surface area contributed by atoms with Gasteiger partial charge in [-0.1, -0.05) is 38.1 Å². The maximum absolute atomic E-state index is 13.4. The Morgan fingerprint density at radius 1 is 1.03 bits per heavy atom. The molecule has 1 atom stereocenters. The van der Waals surface area contributed by atoms with Gasteiger partial charge in [0, 0.05) is 38.8 Å². The lowest BCUT2D eigenvalue weighted by Crippen LogP contribution is -2.48. The fourth-order valence-electron chi connectivity index (χ4n) is 4.71. The van der Waals surface area contributed by atoms with E-state index >= 15 is 0 Å². The Bertz CT molecular complexity index is 1000. The molecular formula is C25H34FN5. The number of hydrogen-bond acceptors (Lipinski definition) is 4. The first-order chi connectivity index (χ1) is 14.9. The van der Waals surface area contributed by atoms with Crippen LogP contribution >= 0.6 is 0 Å². The number of nitrogens with two attached hydrogens (primary N) is 1. The van der Waals surface area contributed by atoms with Gasteiger partial charge >= 0.3 is 0 Å². The summed E-state index contributed by atoms with van der Waals surface area (Å²) in [5.41, 5.74) is 9.64. The summed E-state index contributed by atoms with van der Waals surface area (Å²) in [6, 6.07) is 15.0. The van der Waals surface area contributed by atoms with Crippen LogP contribution in [0.3, 0.4) is 0 Å². The molecule has 0 saturated carbocycles. The van der Waals surface area contributed by atoms with Crippen LogP contribution < -0.4 is 10.6 Å². The first-order valence-corrected chi connectivity index (χ1v) is 11.3. The molecule has 1 fully saturated rings. The van der Waals surface area contributed by atoms with Crippen LogP contribution in [0.2, 0.25) is 0 Å². The first kappa shape index (κ1) is 21.8. The van der Waals surface area contributed by atoms with Crippen molar-refractivity contribution in [3.8, 4) is 0 Å². The molecule has 2 heterocycles. The van der Waals surface area contributed by atoms with Crippen molar-refractivity contribution in [1.29, 1.82) is 0 Å². The average molecular weight is 424 g/mol. The van der Waals surface area contributed by atoms with Crippen molar-refractivity contribution < 1.29 is 4.39 Å². The van der Waals surface area contributed by atoms with Crippen LogP contribution in [0.15, 0.2) is 48.5 Å². The average Bonchev–Trinajstić information content (AvgIpc) is 3.11. The van der Waals surface area contributed by atoms with E-state index in [2.05, 4.69) is 53.5 Å². The monoisotopic (exact) mass is 423 g/mol. The zero-order chi connectivity index (χ0) is 22.0. The van der Waals surface area contributed by atoms with Gasteiger partial charge in [0.1, 0.15) is 5.82 Å². The molecule has 3 aromatic rings. The van der Waals surface area contributed by atoms with E-state index in [9.17, 15) is 4.39 Å². The molecule has 0 amide bonds. The number of para-hydroxylation sites is 2. The molecule has 0 spiro atoms. The summed E-state index contributed by atoms with van der Waals surface area (Å²) >= 11 is 0. The molecule has 4 rings (SSSR count). The van der Waals surface area contributed by atoms with Crippen molar-refractivity contribution in [2.24, 2.45) is 18.7 Å². The lowest BCUT2D eigenvalue weighted by atomic mass is 9.77. The summed E-state index contributed by atoms with van der Waals surface area (Å²) in [5, 5.41) is 0. The van der Waals surface area contributed by atoms with Crippen LogP contribution in [-0.2, 0) is 12.6 Å². The van der Waals surface area contributed by atoms with E-state index in [0.717, 1.165) is 62.6 Å². The minimum Gasteiger partial charge on any atom is -0.340 e.